The van der Waals surface area contributed by atoms with Crippen molar-refractivity contribution in [1.82, 2.24) is 29.5 Å². The van der Waals surface area contributed by atoms with E-state index in [1.165, 1.54) is 13.3 Å². The molecule has 3 heterocycles. The van der Waals surface area contributed by atoms with Crippen molar-refractivity contribution < 1.29 is 4.74 Å². The number of benzene rings is 1. The number of aromatic nitrogens is 6. The first-order valence-electron chi connectivity index (χ1n) is 10.5. The molecule has 0 amide bonds. The molecule has 0 bridgehead atoms. The molecule has 4 aromatic rings. The summed E-state index contributed by atoms with van der Waals surface area (Å²) in [6.07, 6.45) is 4.57. The summed E-state index contributed by atoms with van der Waals surface area (Å²) in [5.74, 6) is 0.806. The Labute approximate surface area is 195 Å². The van der Waals surface area contributed by atoms with E-state index in [9.17, 15) is 10.1 Å². The highest BCUT2D eigenvalue weighted by atomic mass is 16.5. The van der Waals surface area contributed by atoms with Crippen molar-refractivity contribution in [2.75, 3.05) is 18.2 Å². The number of nitrogens with one attached hydrogen (secondary N) is 1. The van der Waals surface area contributed by atoms with Gasteiger partial charge >= 0.3 is 6.01 Å². The Hall–Kier alpha value is -4.59. The molecule has 0 spiro atoms. The first-order valence-corrected chi connectivity index (χ1v) is 10.5. The summed E-state index contributed by atoms with van der Waals surface area (Å²) >= 11 is 0. The van der Waals surface area contributed by atoms with Crippen LogP contribution in [0.1, 0.15) is 44.2 Å². The van der Waals surface area contributed by atoms with Crippen molar-refractivity contribution in [3.63, 3.8) is 0 Å². The average Bonchev–Trinajstić information content (AvgIpc) is 2.83. The van der Waals surface area contributed by atoms with Crippen LogP contribution in [0.5, 0.6) is 6.01 Å². The number of nitrogens with two attached hydrogens (primary N) is 1. The van der Waals surface area contributed by atoms with Gasteiger partial charge in [0.1, 0.15) is 23.3 Å². The number of rotatable bonds is 6. The minimum atomic E-state index is -0.464. The lowest BCUT2D eigenvalue weighted by molar-refractivity contribution is 0.380. The Morgan fingerprint density at radius 2 is 1.85 bits per heavy atom. The summed E-state index contributed by atoms with van der Waals surface area (Å²) < 4.78 is 6.67. The van der Waals surface area contributed by atoms with Gasteiger partial charge in [-0.1, -0.05) is 12.1 Å². The van der Waals surface area contributed by atoms with Crippen LogP contribution in [-0.4, -0.2) is 36.6 Å². The molecule has 3 aromatic heterocycles. The number of fused-ring (bicyclic) bond motifs is 1. The van der Waals surface area contributed by atoms with Crippen LogP contribution in [0.4, 0.5) is 11.8 Å². The number of hydrogen-bond donors (Lipinski definition) is 2. The lowest BCUT2D eigenvalue weighted by Gasteiger charge is -2.23. The van der Waals surface area contributed by atoms with Gasteiger partial charge in [-0.15, -0.1) is 0 Å². The number of nitriles is 1. The van der Waals surface area contributed by atoms with Crippen LogP contribution in [0.25, 0.3) is 22.0 Å². The Morgan fingerprint density at radius 1 is 1.12 bits per heavy atom. The van der Waals surface area contributed by atoms with Crippen molar-refractivity contribution in [3.8, 4) is 23.2 Å². The summed E-state index contributed by atoms with van der Waals surface area (Å²) in [6, 6.07) is 7.08. The van der Waals surface area contributed by atoms with E-state index in [0.29, 0.717) is 27.9 Å². The Kier molecular flexibility index (Phi) is 6.05. The summed E-state index contributed by atoms with van der Waals surface area (Å²) in [7, 11) is 1.49. The van der Waals surface area contributed by atoms with Gasteiger partial charge in [-0.05, 0) is 32.4 Å². The number of ether oxygens (including phenoxy) is 1. The van der Waals surface area contributed by atoms with E-state index in [2.05, 4.69) is 25.3 Å². The third-order valence-corrected chi connectivity index (χ3v) is 5.26. The normalized spacial score (nSPS) is 11.9. The molecule has 1 atom stereocenters. The molecule has 0 unspecified atom stereocenters. The summed E-state index contributed by atoms with van der Waals surface area (Å²) in [6.45, 7) is 5.66. The molecule has 0 saturated heterocycles. The average molecular weight is 457 g/mol. The van der Waals surface area contributed by atoms with Crippen molar-refractivity contribution in [3.05, 3.63) is 58.5 Å². The van der Waals surface area contributed by atoms with E-state index in [-0.39, 0.29) is 34.9 Å². The first-order chi connectivity index (χ1) is 16.3. The van der Waals surface area contributed by atoms with Crippen molar-refractivity contribution in [1.29, 1.82) is 5.26 Å². The van der Waals surface area contributed by atoms with Crippen molar-refractivity contribution >= 4 is 22.7 Å². The fourth-order valence-corrected chi connectivity index (χ4v) is 3.72. The van der Waals surface area contributed by atoms with Gasteiger partial charge in [0.2, 0.25) is 5.95 Å². The van der Waals surface area contributed by atoms with Gasteiger partial charge in [-0.25, -0.2) is 19.9 Å². The molecule has 0 aliphatic rings. The second kappa shape index (κ2) is 9.11. The third kappa shape index (κ3) is 4.09. The van der Waals surface area contributed by atoms with Crippen LogP contribution in [0.2, 0.25) is 0 Å². The molecule has 34 heavy (non-hydrogen) atoms. The number of hydrogen-bond acceptors (Lipinski definition) is 10. The van der Waals surface area contributed by atoms with E-state index in [1.54, 1.807) is 23.0 Å². The predicted octanol–water partition coefficient (Wildman–Crippen LogP) is 2.86. The molecule has 11 heteroatoms. The Morgan fingerprint density at radius 3 is 2.50 bits per heavy atom. The molecule has 172 valence electrons. The fourth-order valence-electron chi connectivity index (χ4n) is 3.72. The van der Waals surface area contributed by atoms with E-state index < -0.39 is 6.04 Å². The maximum Gasteiger partial charge on any atom is 0.316 e. The van der Waals surface area contributed by atoms with Gasteiger partial charge in [0.05, 0.1) is 30.3 Å². The van der Waals surface area contributed by atoms with Crippen LogP contribution in [0.3, 0.4) is 0 Å². The zero-order chi connectivity index (χ0) is 24.4. The molecule has 3 N–H and O–H groups in total. The van der Waals surface area contributed by atoms with Crippen LogP contribution in [0.15, 0.2) is 41.6 Å². The van der Waals surface area contributed by atoms with Crippen molar-refractivity contribution in [2.45, 2.75) is 32.9 Å². The molecule has 4 rings (SSSR count). The summed E-state index contributed by atoms with van der Waals surface area (Å²) in [5.41, 5.74) is 7.62. The molecular weight excluding hydrogens is 434 g/mol. The number of nitrogens with zero attached hydrogens (tertiary/aromatic N) is 7. The molecule has 0 aliphatic carbocycles. The van der Waals surface area contributed by atoms with Crippen LogP contribution >= 0.6 is 0 Å². The fraction of sp³-hybridized carbons (Fsp3) is 0.261. The largest absolute Gasteiger partial charge is 0.467 e. The van der Waals surface area contributed by atoms with Gasteiger partial charge in [-0.3, -0.25) is 9.36 Å². The molecule has 0 radical (unpaired) electrons. The molecule has 0 saturated carbocycles. The number of methoxy groups -OCH3 is 1. The van der Waals surface area contributed by atoms with Gasteiger partial charge in [0.15, 0.2) is 0 Å². The summed E-state index contributed by atoms with van der Waals surface area (Å²) in [4.78, 5) is 34.9. The smallest absolute Gasteiger partial charge is 0.316 e. The monoisotopic (exact) mass is 457 g/mol. The van der Waals surface area contributed by atoms with Crippen LogP contribution in [-0.2, 0) is 0 Å². The van der Waals surface area contributed by atoms with Gasteiger partial charge in [0.25, 0.3) is 5.56 Å². The molecule has 0 fully saturated rings. The number of nitrogen functional groups attached to an aromatic ring is 1. The highest BCUT2D eigenvalue weighted by Gasteiger charge is 2.22. The van der Waals surface area contributed by atoms with Gasteiger partial charge in [0, 0.05) is 24.0 Å². The maximum atomic E-state index is 13.8. The topological polar surface area (TPSA) is 158 Å². The van der Waals surface area contributed by atoms with E-state index in [0.717, 1.165) is 0 Å². The van der Waals surface area contributed by atoms with Gasteiger partial charge < -0.3 is 15.8 Å². The second-order valence-electron chi connectivity index (χ2n) is 7.87. The minimum absolute atomic E-state index is 0.0350. The lowest BCUT2D eigenvalue weighted by Crippen LogP contribution is -2.30. The second-order valence-corrected chi connectivity index (χ2v) is 7.87. The molecule has 1 aromatic carbocycles. The van der Waals surface area contributed by atoms with Crippen LogP contribution in [0, 0.1) is 11.3 Å². The van der Waals surface area contributed by atoms with E-state index in [4.69, 9.17) is 15.5 Å². The predicted molar refractivity (Wildman–Crippen MR) is 127 cm³/mol. The molecule has 0 aliphatic heterocycles. The Bertz CT molecular complexity index is 1460. The quantitative estimate of drug-likeness (QED) is 0.441. The zero-order valence-electron chi connectivity index (χ0n) is 19.1. The Balaban J connectivity index is 1.87. The standard InChI is InChI=1S/C23H23N9O2/c1-12(2)32-20(13(3)29-19-14(8-24)9-26-22(25)31-19)30-17-7-5-6-16(18(17)21(32)33)15-10-27-23(34-4)28-11-15/h5-7,9-13H,1-4H3,(H3,25,26,29,31)/t13-/m1/s1. The summed E-state index contributed by atoms with van der Waals surface area (Å²) in [5, 5.41) is 13.0. The minimum Gasteiger partial charge on any atom is -0.467 e. The molecular formula is C23H23N9O2. The van der Waals surface area contributed by atoms with E-state index >= 15 is 0 Å². The first kappa shape index (κ1) is 22.6. The highest BCUT2D eigenvalue weighted by molar-refractivity contribution is 5.93. The van der Waals surface area contributed by atoms with Crippen molar-refractivity contribution in [2.24, 2.45) is 0 Å². The SMILES string of the molecule is COc1ncc(-c2cccc3nc([C@@H](C)Nc4nc(N)ncc4C#N)n(C(C)C)c(=O)c23)cn1. The number of anilines is 2. The lowest BCUT2D eigenvalue weighted by atomic mass is 10.0. The van der Waals surface area contributed by atoms with Crippen LogP contribution < -0.4 is 21.3 Å². The highest BCUT2D eigenvalue weighted by Crippen LogP contribution is 2.28. The third-order valence-electron chi connectivity index (χ3n) is 5.26. The van der Waals surface area contributed by atoms with E-state index in [1.807, 2.05) is 39.0 Å². The zero-order valence-corrected chi connectivity index (χ0v) is 19.1. The molecule has 11 nitrogen and oxygen atoms in total. The maximum absolute atomic E-state index is 13.8. The van der Waals surface area contributed by atoms with Gasteiger partial charge in [-0.2, -0.15) is 10.2 Å².